The van der Waals surface area contributed by atoms with Crippen LogP contribution in [0.5, 0.6) is 0 Å². The molecule has 0 spiro atoms. The van der Waals surface area contributed by atoms with Crippen molar-refractivity contribution in [3.05, 3.63) is 0 Å². The molecule has 6 heteroatoms. The molecule has 0 aromatic rings. The van der Waals surface area contributed by atoms with Crippen LogP contribution in [0.15, 0.2) is 0 Å². The van der Waals surface area contributed by atoms with Gasteiger partial charge >= 0.3 is 12.1 Å². The summed E-state index contributed by atoms with van der Waals surface area (Å²) in [4.78, 5) is 10.3. The Hall–Kier alpha value is -0.780. The molecule has 3 nitrogen and oxygen atoms in total. The predicted octanol–water partition coefficient (Wildman–Crippen LogP) is 1.04. The van der Waals surface area contributed by atoms with Gasteiger partial charge in [-0.15, -0.1) is 0 Å². The lowest BCUT2D eigenvalue weighted by Gasteiger charge is -2.17. The Kier molecular flexibility index (Phi) is 2.27. The van der Waals surface area contributed by atoms with Crippen molar-refractivity contribution in [1.82, 2.24) is 0 Å². The standard InChI is InChI=1S/C6H7F3O3/c7-6(8,9)4-3(5(10)11)1-2-12-4/h3-4H,1-2H2,(H,10,11)/t3-,4+/m0/s1. The topological polar surface area (TPSA) is 46.5 Å². The third-order valence-corrected chi connectivity index (χ3v) is 1.73. The van der Waals surface area contributed by atoms with Gasteiger partial charge in [-0.05, 0) is 6.42 Å². The number of carboxylic acids is 1. The van der Waals surface area contributed by atoms with E-state index in [1.165, 1.54) is 0 Å². The number of alkyl halides is 3. The monoisotopic (exact) mass is 184 g/mol. The second-order valence-electron chi connectivity index (χ2n) is 2.57. The van der Waals surface area contributed by atoms with E-state index in [2.05, 4.69) is 4.74 Å². The Balaban J connectivity index is 2.71. The molecule has 12 heavy (non-hydrogen) atoms. The number of halogens is 3. The number of carboxylic acid groups (broad SMARTS) is 1. The number of hydrogen-bond acceptors (Lipinski definition) is 2. The minimum absolute atomic E-state index is 0.0699. The summed E-state index contributed by atoms with van der Waals surface area (Å²) < 4.78 is 40.2. The Morgan fingerprint density at radius 2 is 2.08 bits per heavy atom. The molecule has 1 heterocycles. The fraction of sp³-hybridized carbons (Fsp3) is 0.833. The van der Waals surface area contributed by atoms with Crippen LogP contribution in [0.2, 0.25) is 0 Å². The predicted molar refractivity (Wildman–Crippen MR) is 31.5 cm³/mol. The first-order chi connectivity index (χ1) is 5.43. The van der Waals surface area contributed by atoms with Crippen molar-refractivity contribution in [2.75, 3.05) is 6.61 Å². The SMILES string of the molecule is O=C(O)[C@H]1CCO[C@H]1C(F)(F)F. The number of rotatable bonds is 1. The lowest BCUT2D eigenvalue weighted by atomic mass is 10.0. The molecule has 1 saturated heterocycles. The number of carbonyl (C=O) groups is 1. The van der Waals surface area contributed by atoms with Crippen molar-refractivity contribution in [2.45, 2.75) is 18.7 Å². The highest BCUT2D eigenvalue weighted by Crippen LogP contribution is 2.34. The van der Waals surface area contributed by atoms with Crippen molar-refractivity contribution < 1.29 is 27.8 Å². The minimum Gasteiger partial charge on any atom is -0.481 e. The maximum atomic E-state index is 12.0. The molecule has 1 aliphatic rings. The van der Waals surface area contributed by atoms with Gasteiger partial charge in [0.1, 0.15) is 0 Å². The van der Waals surface area contributed by atoms with Gasteiger partial charge in [-0.25, -0.2) is 0 Å². The zero-order chi connectivity index (χ0) is 9.35. The van der Waals surface area contributed by atoms with Crippen molar-refractivity contribution in [2.24, 2.45) is 5.92 Å². The maximum absolute atomic E-state index is 12.0. The highest BCUT2D eigenvalue weighted by molar-refractivity contribution is 5.71. The van der Waals surface area contributed by atoms with Gasteiger partial charge in [-0.3, -0.25) is 4.79 Å². The summed E-state index contributed by atoms with van der Waals surface area (Å²) >= 11 is 0. The van der Waals surface area contributed by atoms with Gasteiger partial charge < -0.3 is 9.84 Å². The molecule has 70 valence electrons. The molecule has 0 radical (unpaired) electrons. The Morgan fingerprint density at radius 3 is 2.42 bits per heavy atom. The summed E-state index contributed by atoms with van der Waals surface area (Å²) in [5, 5.41) is 8.37. The molecular formula is C6H7F3O3. The highest BCUT2D eigenvalue weighted by atomic mass is 19.4. The zero-order valence-electron chi connectivity index (χ0n) is 5.97. The summed E-state index contributed by atoms with van der Waals surface area (Å²) in [7, 11) is 0. The first-order valence-electron chi connectivity index (χ1n) is 3.34. The van der Waals surface area contributed by atoms with Crippen molar-refractivity contribution in [1.29, 1.82) is 0 Å². The van der Waals surface area contributed by atoms with E-state index >= 15 is 0 Å². The van der Waals surface area contributed by atoms with E-state index in [9.17, 15) is 18.0 Å². The van der Waals surface area contributed by atoms with Crippen LogP contribution in [-0.2, 0) is 9.53 Å². The van der Waals surface area contributed by atoms with Crippen LogP contribution in [0, 0.1) is 5.92 Å². The molecule has 0 aromatic heterocycles. The second-order valence-corrected chi connectivity index (χ2v) is 2.57. The van der Waals surface area contributed by atoms with Crippen LogP contribution in [0.4, 0.5) is 13.2 Å². The van der Waals surface area contributed by atoms with Crippen molar-refractivity contribution in [3.8, 4) is 0 Å². The first kappa shape index (κ1) is 9.31. The maximum Gasteiger partial charge on any atom is 0.415 e. The Bertz CT molecular complexity index is 189. The van der Waals surface area contributed by atoms with Gasteiger partial charge in [0, 0.05) is 6.61 Å². The van der Waals surface area contributed by atoms with Gasteiger partial charge in [0.2, 0.25) is 0 Å². The lowest BCUT2D eigenvalue weighted by Crippen LogP contribution is -2.37. The third kappa shape index (κ3) is 1.69. The molecule has 1 N–H and O–H groups in total. The summed E-state index contributed by atoms with van der Waals surface area (Å²) in [6.45, 7) is -0.138. The van der Waals surface area contributed by atoms with E-state index in [0.29, 0.717) is 0 Å². The third-order valence-electron chi connectivity index (χ3n) is 1.73. The second kappa shape index (κ2) is 2.93. The summed E-state index contributed by atoms with van der Waals surface area (Å²) in [5.41, 5.74) is 0. The van der Waals surface area contributed by atoms with Gasteiger partial charge in [0.05, 0.1) is 5.92 Å². The zero-order valence-corrected chi connectivity index (χ0v) is 5.97. The fourth-order valence-corrected chi connectivity index (χ4v) is 1.17. The van der Waals surface area contributed by atoms with E-state index in [1.54, 1.807) is 0 Å². The molecule has 0 aromatic carbocycles. The van der Waals surface area contributed by atoms with E-state index in [0.717, 1.165) is 0 Å². The van der Waals surface area contributed by atoms with Gasteiger partial charge in [0.25, 0.3) is 0 Å². The van der Waals surface area contributed by atoms with Crippen LogP contribution >= 0.6 is 0 Å². The van der Waals surface area contributed by atoms with Gasteiger partial charge in [-0.1, -0.05) is 0 Å². The summed E-state index contributed by atoms with van der Waals surface area (Å²) in [6, 6.07) is 0. The van der Waals surface area contributed by atoms with E-state index in [1.807, 2.05) is 0 Å². The first-order valence-corrected chi connectivity index (χ1v) is 3.34. The van der Waals surface area contributed by atoms with E-state index in [-0.39, 0.29) is 13.0 Å². The Morgan fingerprint density at radius 1 is 1.50 bits per heavy atom. The average molecular weight is 184 g/mol. The van der Waals surface area contributed by atoms with Crippen LogP contribution in [0.25, 0.3) is 0 Å². The molecule has 1 fully saturated rings. The molecule has 1 rings (SSSR count). The molecule has 0 unspecified atom stereocenters. The van der Waals surface area contributed by atoms with Gasteiger partial charge in [0.15, 0.2) is 6.10 Å². The molecule has 1 aliphatic heterocycles. The highest BCUT2D eigenvalue weighted by Gasteiger charge is 2.51. The largest absolute Gasteiger partial charge is 0.481 e. The summed E-state index contributed by atoms with van der Waals surface area (Å²) in [6.07, 6.45) is -6.77. The molecule has 0 bridgehead atoms. The van der Waals surface area contributed by atoms with Crippen LogP contribution in [-0.4, -0.2) is 30.0 Å². The molecule has 0 aliphatic carbocycles. The van der Waals surface area contributed by atoms with E-state index in [4.69, 9.17) is 5.11 Å². The molecule has 0 amide bonds. The molecule has 0 saturated carbocycles. The summed E-state index contributed by atoms with van der Waals surface area (Å²) in [5.74, 6) is -2.89. The lowest BCUT2D eigenvalue weighted by molar-refractivity contribution is -0.219. The van der Waals surface area contributed by atoms with Gasteiger partial charge in [-0.2, -0.15) is 13.2 Å². The fourth-order valence-electron chi connectivity index (χ4n) is 1.17. The molecular weight excluding hydrogens is 177 g/mol. The van der Waals surface area contributed by atoms with Crippen molar-refractivity contribution in [3.63, 3.8) is 0 Å². The smallest absolute Gasteiger partial charge is 0.415 e. The molecule has 2 atom stereocenters. The van der Waals surface area contributed by atoms with Crippen LogP contribution in [0.3, 0.4) is 0 Å². The minimum atomic E-state index is -4.57. The van der Waals surface area contributed by atoms with Crippen molar-refractivity contribution >= 4 is 5.97 Å². The number of hydrogen-bond donors (Lipinski definition) is 1. The van der Waals surface area contributed by atoms with Crippen LogP contribution in [0.1, 0.15) is 6.42 Å². The Labute approximate surface area is 66.1 Å². The quantitative estimate of drug-likeness (QED) is 0.662. The number of ether oxygens (including phenoxy) is 1. The van der Waals surface area contributed by atoms with Crippen LogP contribution < -0.4 is 0 Å². The average Bonchev–Trinajstić information content (AvgIpc) is 2.30. The number of aliphatic carboxylic acids is 1. The van der Waals surface area contributed by atoms with E-state index < -0.39 is 24.2 Å². The normalized spacial score (nSPS) is 30.6.